The minimum absolute atomic E-state index is 0.155. The molecule has 0 bridgehead atoms. The van der Waals surface area contributed by atoms with Crippen molar-refractivity contribution in [3.8, 4) is 0 Å². The van der Waals surface area contributed by atoms with Gasteiger partial charge in [-0.15, -0.1) is 0 Å². The normalized spacial score (nSPS) is 23.6. The largest absolute Gasteiger partial charge is 0.337 e. The quantitative estimate of drug-likeness (QED) is 0.735. The van der Waals surface area contributed by atoms with E-state index >= 15 is 0 Å². The number of urea groups is 1. The molecule has 1 saturated heterocycles. The molecule has 2 rings (SSSR count). The first-order valence-electron chi connectivity index (χ1n) is 5.79. The Balaban J connectivity index is 1.72. The summed E-state index contributed by atoms with van der Waals surface area (Å²) in [6, 6.07) is 0.155. The average Bonchev–Trinajstić information content (AvgIpc) is 2.78. The van der Waals surface area contributed by atoms with Crippen LogP contribution in [0.5, 0.6) is 0 Å². The van der Waals surface area contributed by atoms with Crippen molar-refractivity contribution in [2.75, 3.05) is 19.6 Å². The number of nitrogens with zero attached hydrogens (tertiary/aromatic N) is 1. The maximum atomic E-state index is 11.7. The number of hydrogen-bond donors (Lipinski definition) is 1. The molecule has 0 aromatic carbocycles. The lowest BCUT2D eigenvalue weighted by Crippen LogP contribution is -2.40. The lowest BCUT2D eigenvalue weighted by molar-refractivity contribution is 0.206. The van der Waals surface area contributed by atoms with Crippen LogP contribution in [-0.2, 0) is 0 Å². The molecule has 0 aromatic heterocycles. The molecule has 1 aliphatic carbocycles. The molecule has 0 atom stereocenters. The predicted molar refractivity (Wildman–Crippen MR) is 56.2 cm³/mol. The SMILES string of the molecule is CCC1(CNC(=O)N2CCCC2)CC1. The number of likely N-dealkylation sites (tertiary alicyclic amines) is 1. The molecule has 2 amide bonds. The van der Waals surface area contributed by atoms with Crippen molar-refractivity contribution < 1.29 is 4.79 Å². The van der Waals surface area contributed by atoms with Gasteiger partial charge >= 0.3 is 6.03 Å². The van der Waals surface area contributed by atoms with Crippen LogP contribution < -0.4 is 5.32 Å². The number of rotatable bonds is 3. The van der Waals surface area contributed by atoms with E-state index in [-0.39, 0.29) is 6.03 Å². The summed E-state index contributed by atoms with van der Waals surface area (Å²) in [7, 11) is 0. The van der Waals surface area contributed by atoms with Crippen LogP contribution in [0.25, 0.3) is 0 Å². The zero-order chi connectivity index (χ0) is 10.0. The molecule has 0 unspecified atom stereocenters. The average molecular weight is 196 g/mol. The predicted octanol–water partition coefficient (Wildman–Crippen LogP) is 1.98. The Hall–Kier alpha value is -0.730. The Bertz CT molecular complexity index is 217. The molecule has 2 aliphatic rings. The molecule has 0 aromatic rings. The van der Waals surface area contributed by atoms with E-state index in [9.17, 15) is 4.79 Å². The van der Waals surface area contributed by atoms with Crippen molar-refractivity contribution in [1.29, 1.82) is 0 Å². The highest BCUT2D eigenvalue weighted by molar-refractivity contribution is 5.74. The van der Waals surface area contributed by atoms with Gasteiger partial charge in [-0.25, -0.2) is 4.79 Å². The highest BCUT2D eigenvalue weighted by atomic mass is 16.2. The summed E-state index contributed by atoms with van der Waals surface area (Å²) < 4.78 is 0. The van der Waals surface area contributed by atoms with Crippen LogP contribution in [0, 0.1) is 5.41 Å². The first kappa shape index (κ1) is 9.81. The van der Waals surface area contributed by atoms with E-state index in [0.29, 0.717) is 5.41 Å². The fourth-order valence-corrected chi connectivity index (χ4v) is 2.13. The van der Waals surface area contributed by atoms with Gasteiger partial charge in [0.1, 0.15) is 0 Å². The highest BCUT2D eigenvalue weighted by Crippen LogP contribution is 2.47. The van der Waals surface area contributed by atoms with Gasteiger partial charge in [0.25, 0.3) is 0 Å². The topological polar surface area (TPSA) is 32.3 Å². The van der Waals surface area contributed by atoms with Crippen LogP contribution in [0.4, 0.5) is 4.79 Å². The molecule has 1 heterocycles. The van der Waals surface area contributed by atoms with Crippen molar-refractivity contribution in [3.63, 3.8) is 0 Å². The number of nitrogens with one attached hydrogen (secondary N) is 1. The fourth-order valence-electron chi connectivity index (χ4n) is 2.13. The summed E-state index contributed by atoms with van der Waals surface area (Å²) >= 11 is 0. The molecule has 1 saturated carbocycles. The summed E-state index contributed by atoms with van der Waals surface area (Å²) in [6.45, 7) is 5.00. The minimum Gasteiger partial charge on any atom is -0.337 e. The van der Waals surface area contributed by atoms with Crippen molar-refractivity contribution in [2.24, 2.45) is 5.41 Å². The Morgan fingerprint density at radius 3 is 2.50 bits per heavy atom. The van der Waals surface area contributed by atoms with Gasteiger partial charge in [0.15, 0.2) is 0 Å². The molecule has 3 nitrogen and oxygen atoms in total. The van der Waals surface area contributed by atoms with Crippen molar-refractivity contribution >= 4 is 6.03 Å². The van der Waals surface area contributed by atoms with E-state index in [1.807, 2.05) is 4.90 Å². The van der Waals surface area contributed by atoms with Gasteiger partial charge in [0, 0.05) is 19.6 Å². The Labute approximate surface area is 85.8 Å². The lowest BCUT2D eigenvalue weighted by atomic mass is 10.0. The van der Waals surface area contributed by atoms with E-state index in [0.717, 1.165) is 19.6 Å². The molecular weight excluding hydrogens is 176 g/mol. The van der Waals surface area contributed by atoms with E-state index in [1.54, 1.807) is 0 Å². The third-order valence-corrected chi connectivity index (χ3v) is 3.71. The smallest absolute Gasteiger partial charge is 0.317 e. The van der Waals surface area contributed by atoms with Crippen molar-refractivity contribution in [1.82, 2.24) is 10.2 Å². The minimum atomic E-state index is 0.155. The number of hydrogen-bond acceptors (Lipinski definition) is 1. The number of carbonyl (C=O) groups excluding carboxylic acids is 1. The van der Waals surface area contributed by atoms with E-state index < -0.39 is 0 Å². The molecule has 3 heteroatoms. The van der Waals surface area contributed by atoms with Gasteiger partial charge in [-0.3, -0.25) is 0 Å². The molecular formula is C11H20N2O. The Kier molecular flexibility index (Phi) is 2.66. The van der Waals surface area contributed by atoms with E-state index in [1.165, 1.54) is 32.1 Å². The van der Waals surface area contributed by atoms with Crippen LogP contribution >= 0.6 is 0 Å². The summed E-state index contributed by atoms with van der Waals surface area (Å²) in [6.07, 6.45) is 6.14. The molecule has 80 valence electrons. The van der Waals surface area contributed by atoms with Gasteiger partial charge in [0.2, 0.25) is 0 Å². The maximum absolute atomic E-state index is 11.7. The Morgan fingerprint density at radius 1 is 1.36 bits per heavy atom. The molecule has 1 N–H and O–H groups in total. The van der Waals surface area contributed by atoms with Crippen LogP contribution in [0.15, 0.2) is 0 Å². The fraction of sp³-hybridized carbons (Fsp3) is 0.909. The van der Waals surface area contributed by atoms with Gasteiger partial charge in [-0.2, -0.15) is 0 Å². The summed E-state index contributed by atoms with van der Waals surface area (Å²) in [5.74, 6) is 0. The second-order valence-electron chi connectivity index (χ2n) is 4.71. The second kappa shape index (κ2) is 3.79. The van der Waals surface area contributed by atoms with Crippen LogP contribution in [0.2, 0.25) is 0 Å². The van der Waals surface area contributed by atoms with Gasteiger partial charge in [-0.05, 0) is 37.5 Å². The van der Waals surface area contributed by atoms with Crippen molar-refractivity contribution in [3.05, 3.63) is 0 Å². The zero-order valence-electron chi connectivity index (χ0n) is 9.01. The van der Waals surface area contributed by atoms with Gasteiger partial charge in [-0.1, -0.05) is 6.92 Å². The second-order valence-corrected chi connectivity index (χ2v) is 4.71. The first-order valence-corrected chi connectivity index (χ1v) is 5.79. The van der Waals surface area contributed by atoms with Crippen LogP contribution in [0.3, 0.4) is 0 Å². The molecule has 2 fully saturated rings. The van der Waals surface area contributed by atoms with Crippen LogP contribution in [0.1, 0.15) is 39.0 Å². The van der Waals surface area contributed by atoms with Crippen LogP contribution in [-0.4, -0.2) is 30.6 Å². The lowest BCUT2D eigenvalue weighted by Gasteiger charge is -2.19. The molecule has 0 radical (unpaired) electrons. The molecule has 1 aliphatic heterocycles. The van der Waals surface area contributed by atoms with Crippen molar-refractivity contribution in [2.45, 2.75) is 39.0 Å². The third kappa shape index (κ3) is 2.02. The monoisotopic (exact) mass is 196 g/mol. The number of carbonyl (C=O) groups is 1. The number of amides is 2. The zero-order valence-corrected chi connectivity index (χ0v) is 9.01. The summed E-state index contributed by atoms with van der Waals surface area (Å²) in [5.41, 5.74) is 0.468. The molecule has 14 heavy (non-hydrogen) atoms. The standard InChI is InChI=1S/C11H20N2O/c1-2-11(5-6-11)9-12-10(14)13-7-3-4-8-13/h2-9H2,1H3,(H,12,14). The summed E-state index contributed by atoms with van der Waals surface area (Å²) in [4.78, 5) is 13.6. The summed E-state index contributed by atoms with van der Waals surface area (Å²) in [5, 5.41) is 3.07. The third-order valence-electron chi connectivity index (χ3n) is 3.71. The first-order chi connectivity index (χ1) is 6.76. The van der Waals surface area contributed by atoms with Gasteiger partial charge in [0.05, 0.1) is 0 Å². The van der Waals surface area contributed by atoms with E-state index in [2.05, 4.69) is 12.2 Å². The van der Waals surface area contributed by atoms with Gasteiger partial charge < -0.3 is 10.2 Å². The van der Waals surface area contributed by atoms with E-state index in [4.69, 9.17) is 0 Å². The molecule has 0 spiro atoms. The highest BCUT2D eigenvalue weighted by Gasteiger charge is 2.40. The Morgan fingerprint density at radius 2 is 2.00 bits per heavy atom. The maximum Gasteiger partial charge on any atom is 0.317 e.